The van der Waals surface area contributed by atoms with E-state index in [1.54, 1.807) is 18.2 Å². The second kappa shape index (κ2) is 7.07. The van der Waals surface area contributed by atoms with Crippen molar-refractivity contribution in [1.82, 2.24) is 0 Å². The van der Waals surface area contributed by atoms with Crippen molar-refractivity contribution >= 4 is 17.9 Å². The number of nitrogens with zero attached hydrogens (tertiary/aromatic N) is 1. The van der Waals surface area contributed by atoms with E-state index in [1.807, 2.05) is 0 Å². The molecule has 1 aromatic carbocycles. The van der Waals surface area contributed by atoms with Gasteiger partial charge in [0.15, 0.2) is 5.70 Å². The molecule has 23 heavy (non-hydrogen) atoms. The molecule has 1 heterocycles. The van der Waals surface area contributed by atoms with Crippen LogP contribution in [-0.2, 0) is 9.53 Å². The van der Waals surface area contributed by atoms with E-state index in [0.717, 1.165) is 18.8 Å². The van der Waals surface area contributed by atoms with Crippen molar-refractivity contribution in [3.05, 3.63) is 41.3 Å². The SMILES string of the molecule is CCCC1CCC(C2=N/C(=C\c3cccc(F)c3)C(=O)O2)CC1. The minimum absolute atomic E-state index is 0.241. The maximum absolute atomic E-state index is 13.2. The fourth-order valence-electron chi connectivity index (χ4n) is 3.46. The molecule has 1 aliphatic heterocycles. The van der Waals surface area contributed by atoms with E-state index in [1.165, 1.54) is 37.8 Å². The van der Waals surface area contributed by atoms with Crippen molar-refractivity contribution in [3.63, 3.8) is 0 Å². The van der Waals surface area contributed by atoms with Crippen molar-refractivity contribution in [2.75, 3.05) is 0 Å². The van der Waals surface area contributed by atoms with Crippen LogP contribution in [0, 0.1) is 17.7 Å². The Morgan fingerprint density at radius 2 is 2.09 bits per heavy atom. The molecule has 0 N–H and O–H groups in total. The van der Waals surface area contributed by atoms with E-state index < -0.39 is 5.97 Å². The van der Waals surface area contributed by atoms with Crippen LogP contribution in [0.5, 0.6) is 0 Å². The molecule has 3 nitrogen and oxygen atoms in total. The topological polar surface area (TPSA) is 38.7 Å². The first-order chi connectivity index (χ1) is 11.2. The summed E-state index contributed by atoms with van der Waals surface area (Å²) in [6, 6.07) is 6.11. The zero-order chi connectivity index (χ0) is 16.2. The Balaban J connectivity index is 1.70. The lowest BCUT2D eigenvalue weighted by atomic mass is 9.80. The highest BCUT2D eigenvalue weighted by atomic mass is 19.1. The minimum Gasteiger partial charge on any atom is -0.406 e. The fraction of sp³-hybridized carbons (Fsp3) is 0.474. The summed E-state index contributed by atoms with van der Waals surface area (Å²) in [6.45, 7) is 2.22. The Morgan fingerprint density at radius 3 is 2.78 bits per heavy atom. The number of ether oxygens (including phenoxy) is 1. The highest BCUT2D eigenvalue weighted by Gasteiger charge is 2.32. The van der Waals surface area contributed by atoms with Crippen LogP contribution in [0.25, 0.3) is 6.08 Å². The number of halogens is 1. The Bertz CT molecular complexity index is 643. The zero-order valence-electron chi connectivity index (χ0n) is 13.4. The maximum atomic E-state index is 13.2. The third kappa shape index (κ3) is 3.87. The standard InChI is InChI=1S/C19H22FNO2/c1-2-4-13-7-9-15(10-8-13)18-21-17(19(22)23-18)12-14-5-3-6-16(20)11-14/h3,5-6,11-13,15H,2,4,7-10H2,1H3/b17-12-. The summed E-state index contributed by atoms with van der Waals surface area (Å²) in [5.74, 6) is 0.832. The monoisotopic (exact) mass is 315 g/mol. The molecule has 2 aliphatic rings. The van der Waals surface area contributed by atoms with Gasteiger partial charge in [0.2, 0.25) is 5.90 Å². The van der Waals surface area contributed by atoms with Crippen molar-refractivity contribution in [1.29, 1.82) is 0 Å². The summed E-state index contributed by atoms with van der Waals surface area (Å²) in [5.41, 5.74) is 0.884. The maximum Gasteiger partial charge on any atom is 0.363 e. The molecule has 0 amide bonds. The summed E-state index contributed by atoms with van der Waals surface area (Å²) >= 11 is 0. The van der Waals surface area contributed by atoms with Gasteiger partial charge in [-0.2, -0.15) is 0 Å². The van der Waals surface area contributed by atoms with Gasteiger partial charge in [0.25, 0.3) is 0 Å². The number of benzene rings is 1. The lowest BCUT2D eigenvalue weighted by molar-refractivity contribution is -0.130. The molecule has 0 aromatic heterocycles. The Kier molecular flexibility index (Phi) is 4.89. The summed E-state index contributed by atoms with van der Waals surface area (Å²) in [4.78, 5) is 16.4. The molecule has 1 saturated carbocycles. The van der Waals surface area contributed by atoms with Gasteiger partial charge >= 0.3 is 5.97 Å². The van der Waals surface area contributed by atoms with Gasteiger partial charge in [-0.25, -0.2) is 14.2 Å². The summed E-state index contributed by atoms with van der Waals surface area (Å²) in [6.07, 6.45) is 8.51. The Labute approximate surface area is 136 Å². The largest absolute Gasteiger partial charge is 0.406 e. The van der Waals surface area contributed by atoms with Gasteiger partial charge in [0, 0.05) is 5.92 Å². The summed E-state index contributed by atoms with van der Waals surface area (Å²) in [5, 5.41) is 0. The van der Waals surface area contributed by atoms with Gasteiger partial charge in [-0.3, -0.25) is 0 Å². The average Bonchev–Trinajstić information content (AvgIpc) is 2.89. The second-order valence-electron chi connectivity index (χ2n) is 6.43. The molecule has 0 bridgehead atoms. The quantitative estimate of drug-likeness (QED) is 0.595. The molecule has 4 heteroatoms. The van der Waals surface area contributed by atoms with Crippen LogP contribution in [0.4, 0.5) is 4.39 Å². The molecule has 1 aromatic rings. The van der Waals surface area contributed by atoms with Crippen LogP contribution in [-0.4, -0.2) is 11.9 Å². The molecule has 1 aliphatic carbocycles. The van der Waals surface area contributed by atoms with Crippen molar-refractivity contribution in [2.24, 2.45) is 16.8 Å². The molecule has 0 saturated heterocycles. The van der Waals surface area contributed by atoms with Crippen LogP contribution in [0.1, 0.15) is 51.0 Å². The first-order valence-electron chi connectivity index (χ1n) is 8.43. The van der Waals surface area contributed by atoms with Gasteiger partial charge in [-0.1, -0.05) is 31.9 Å². The van der Waals surface area contributed by atoms with E-state index >= 15 is 0 Å². The smallest absolute Gasteiger partial charge is 0.363 e. The molecule has 1 fully saturated rings. The molecule has 0 unspecified atom stereocenters. The summed E-state index contributed by atoms with van der Waals surface area (Å²) < 4.78 is 18.6. The molecule has 3 rings (SSSR count). The third-order valence-electron chi connectivity index (χ3n) is 4.68. The van der Waals surface area contributed by atoms with Crippen LogP contribution in [0.15, 0.2) is 35.0 Å². The van der Waals surface area contributed by atoms with E-state index in [0.29, 0.717) is 11.5 Å². The van der Waals surface area contributed by atoms with Gasteiger partial charge in [0.05, 0.1) is 0 Å². The van der Waals surface area contributed by atoms with Crippen molar-refractivity contribution in [2.45, 2.75) is 45.4 Å². The minimum atomic E-state index is -0.431. The van der Waals surface area contributed by atoms with Gasteiger partial charge in [0.1, 0.15) is 5.82 Å². The van der Waals surface area contributed by atoms with Crippen LogP contribution >= 0.6 is 0 Å². The second-order valence-corrected chi connectivity index (χ2v) is 6.43. The normalized spacial score (nSPS) is 26.3. The van der Waals surface area contributed by atoms with Gasteiger partial charge in [-0.05, 0) is 55.4 Å². The third-order valence-corrected chi connectivity index (χ3v) is 4.68. The highest BCUT2D eigenvalue weighted by Crippen LogP contribution is 2.34. The van der Waals surface area contributed by atoms with Crippen LogP contribution in [0.3, 0.4) is 0 Å². The molecule has 0 radical (unpaired) electrons. The molecular formula is C19H22FNO2. The number of hydrogen-bond acceptors (Lipinski definition) is 3. The van der Waals surface area contributed by atoms with Crippen molar-refractivity contribution < 1.29 is 13.9 Å². The number of cyclic esters (lactones) is 1. The number of carbonyl (C=O) groups is 1. The fourth-order valence-corrected chi connectivity index (χ4v) is 3.46. The van der Waals surface area contributed by atoms with Crippen LogP contribution in [0.2, 0.25) is 0 Å². The Morgan fingerprint density at radius 1 is 1.30 bits per heavy atom. The van der Waals surface area contributed by atoms with Gasteiger partial charge < -0.3 is 4.74 Å². The van der Waals surface area contributed by atoms with Crippen LogP contribution < -0.4 is 0 Å². The number of aliphatic imine (C=N–C) groups is 1. The summed E-state index contributed by atoms with van der Waals surface area (Å²) in [7, 11) is 0. The predicted molar refractivity (Wildman–Crippen MR) is 88.3 cm³/mol. The lowest BCUT2D eigenvalue weighted by Crippen LogP contribution is -2.22. The molecular weight excluding hydrogens is 293 g/mol. The van der Waals surface area contributed by atoms with Crippen molar-refractivity contribution in [3.8, 4) is 0 Å². The van der Waals surface area contributed by atoms with Gasteiger partial charge in [-0.15, -0.1) is 0 Å². The molecule has 0 atom stereocenters. The Hall–Kier alpha value is -1.97. The van der Waals surface area contributed by atoms with E-state index in [2.05, 4.69) is 11.9 Å². The molecule has 122 valence electrons. The number of carbonyl (C=O) groups excluding carboxylic acids is 1. The van der Waals surface area contributed by atoms with E-state index in [-0.39, 0.29) is 17.4 Å². The number of esters is 1. The van der Waals surface area contributed by atoms with E-state index in [9.17, 15) is 9.18 Å². The first kappa shape index (κ1) is 15.9. The highest BCUT2D eigenvalue weighted by molar-refractivity contribution is 6.07. The number of rotatable bonds is 4. The first-order valence-corrected chi connectivity index (χ1v) is 8.43. The predicted octanol–water partition coefficient (Wildman–Crippen LogP) is 4.73. The zero-order valence-corrected chi connectivity index (χ0v) is 13.4. The lowest BCUT2D eigenvalue weighted by Gasteiger charge is -2.27. The molecule has 0 spiro atoms. The number of hydrogen-bond donors (Lipinski definition) is 0. The average molecular weight is 315 g/mol. The van der Waals surface area contributed by atoms with E-state index in [4.69, 9.17) is 4.74 Å².